The lowest BCUT2D eigenvalue weighted by atomic mass is 9.63. The van der Waals surface area contributed by atoms with E-state index in [9.17, 15) is 10.2 Å². The molecule has 0 spiro atoms. The Bertz CT molecular complexity index is 1400. The van der Waals surface area contributed by atoms with E-state index in [1.165, 1.54) is 0 Å². The Kier molecular flexibility index (Phi) is 6.10. The van der Waals surface area contributed by atoms with Crippen LogP contribution in [-0.2, 0) is 11.1 Å². The highest BCUT2D eigenvalue weighted by Crippen LogP contribution is 2.47. The van der Waals surface area contributed by atoms with Gasteiger partial charge in [0.25, 0.3) is 0 Å². The topological polar surface area (TPSA) is 95.5 Å². The van der Waals surface area contributed by atoms with Gasteiger partial charge in [0.1, 0.15) is 15.6 Å². The summed E-state index contributed by atoms with van der Waals surface area (Å²) in [4.78, 5) is 14.1. The van der Waals surface area contributed by atoms with Crippen LogP contribution in [0.4, 0.5) is 0 Å². The van der Waals surface area contributed by atoms with E-state index in [0.29, 0.717) is 25.7 Å². The third-order valence-corrected chi connectivity index (χ3v) is 10.2. The van der Waals surface area contributed by atoms with E-state index in [0.717, 1.165) is 55.2 Å². The van der Waals surface area contributed by atoms with Gasteiger partial charge in [0, 0.05) is 30.4 Å². The van der Waals surface area contributed by atoms with Crippen molar-refractivity contribution in [1.29, 1.82) is 0 Å². The molecule has 1 saturated carbocycles. The summed E-state index contributed by atoms with van der Waals surface area (Å²) in [6.45, 7) is 3.57. The Balaban J connectivity index is 1.35. The second-order valence-corrected chi connectivity index (χ2v) is 13.0. The van der Waals surface area contributed by atoms with Crippen LogP contribution in [0.3, 0.4) is 0 Å². The molecule has 8 heteroatoms. The van der Waals surface area contributed by atoms with Crippen molar-refractivity contribution in [2.45, 2.75) is 49.3 Å². The molecule has 2 aromatic heterocycles. The molecule has 0 unspecified atom stereocenters. The molecule has 3 heterocycles. The monoisotopic (exact) mass is 532 g/mol. The molecule has 2 aromatic carbocycles. The highest BCUT2D eigenvalue weighted by molar-refractivity contribution is 7.23. The van der Waals surface area contributed by atoms with Crippen molar-refractivity contribution in [1.82, 2.24) is 14.9 Å². The number of hydrogen-bond acceptors (Lipinski definition) is 8. The smallest absolute Gasteiger partial charge is 0.136 e. The minimum atomic E-state index is -0.863. The first-order valence-corrected chi connectivity index (χ1v) is 14.3. The van der Waals surface area contributed by atoms with Gasteiger partial charge in [-0.3, -0.25) is 0 Å². The van der Waals surface area contributed by atoms with Crippen molar-refractivity contribution < 1.29 is 10.2 Å². The number of piperidine rings is 1. The summed E-state index contributed by atoms with van der Waals surface area (Å²) in [5.74, 6) is 0. The largest absolute Gasteiger partial charge is 0.390 e. The summed E-state index contributed by atoms with van der Waals surface area (Å²) in [5.41, 5.74) is 8.65. The van der Waals surface area contributed by atoms with Gasteiger partial charge in [0.05, 0.1) is 21.0 Å². The number of benzene rings is 2. The molecule has 192 valence electrons. The van der Waals surface area contributed by atoms with Gasteiger partial charge in [0.2, 0.25) is 0 Å². The van der Waals surface area contributed by atoms with Gasteiger partial charge in [-0.25, -0.2) is 9.97 Å². The fourth-order valence-corrected chi connectivity index (χ4v) is 7.86. The fraction of sp³-hybridized carbons (Fsp3) is 0.379. The fourth-order valence-electron chi connectivity index (χ4n) is 5.67. The van der Waals surface area contributed by atoms with Crippen LogP contribution in [0.5, 0.6) is 0 Å². The number of aliphatic hydroxyl groups is 2. The molecule has 2 aliphatic rings. The summed E-state index contributed by atoms with van der Waals surface area (Å²) in [6.07, 6.45) is 4.37. The Labute approximate surface area is 225 Å². The van der Waals surface area contributed by atoms with Gasteiger partial charge < -0.3 is 20.8 Å². The van der Waals surface area contributed by atoms with Crippen LogP contribution in [-0.4, -0.2) is 50.8 Å². The van der Waals surface area contributed by atoms with Crippen molar-refractivity contribution >= 4 is 22.7 Å². The van der Waals surface area contributed by atoms with E-state index < -0.39 is 16.7 Å². The summed E-state index contributed by atoms with van der Waals surface area (Å²) >= 11 is 3.21. The van der Waals surface area contributed by atoms with Crippen molar-refractivity contribution in [2.24, 2.45) is 5.73 Å². The lowest BCUT2D eigenvalue weighted by Crippen LogP contribution is -2.58. The van der Waals surface area contributed by atoms with Crippen molar-refractivity contribution in [2.75, 3.05) is 20.1 Å². The number of likely N-dealkylation sites (tertiary alicyclic amines) is 1. The van der Waals surface area contributed by atoms with Gasteiger partial charge in [0.15, 0.2) is 0 Å². The first kappa shape index (κ1) is 24.9. The predicted molar refractivity (Wildman–Crippen MR) is 150 cm³/mol. The Morgan fingerprint density at radius 3 is 2.24 bits per heavy atom. The molecule has 1 aliphatic carbocycles. The molecule has 37 heavy (non-hydrogen) atoms. The third kappa shape index (κ3) is 4.67. The van der Waals surface area contributed by atoms with Crippen molar-refractivity contribution in [3.63, 3.8) is 0 Å². The summed E-state index contributed by atoms with van der Waals surface area (Å²) in [7, 11) is 2.09. The number of aromatic nitrogens is 2. The van der Waals surface area contributed by atoms with Gasteiger partial charge >= 0.3 is 0 Å². The van der Waals surface area contributed by atoms with Gasteiger partial charge in [-0.2, -0.15) is 0 Å². The normalized spacial score (nSPS) is 25.6. The first-order valence-electron chi connectivity index (χ1n) is 12.7. The van der Waals surface area contributed by atoms with Gasteiger partial charge in [-0.1, -0.05) is 54.6 Å². The van der Waals surface area contributed by atoms with Crippen LogP contribution < -0.4 is 5.73 Å². The van der Waals surface area contributed by atoms with Crippen LogP contribution in [0.25, 0.3) is 31.6 Å². The lowest BCUT2D eigenvalue weighted by Gasteiger charge is -2.49. The SMILES string of the molecule is CN1CCC(O)(c2ncc(-c3nc(-c4ccc(C5(N)CC(C)(O)C5)cc4)c(-c4ccccc4)s3)s2)CC1. The molecule has 4 N–H and O–H groups in total. The van der Waals surface area contributed by atoms with E-state index in [-0.39, 0.29) is 0 Å². The quantitative estimate of drug-likeness (QED) is 0.327. The van der Waals surface area contributed by atoms with E-state index in [1.54, 1.807) is 22.7 Å². The Morgan fingerprint density at radius 1 is 0.919 bits per heavy atom. The second-order valence-electron chi connectivity index (χ2n) is 11.0. The molecule has 1 saturated heterocycles. The summed E-state index contributed by atoms with van der Waals surface area (Å²) < 4.78 is 0. The third-order valence-electron chi connectivity index (χ3n) is 7.72. The van der Waals surface area contributed by atoms with E-state index in [2.05, 4.69) is 53.3 Å². The van der Waals surface area contributed by atoms with Gasteiger partial charge in [-0.05, 0) is 50.8 Å². The molecular weight excluding hydrogens is 500 g/mol. The number of nitrogens with two attached hydrogens (primary N) is 1. The maximum Gasteiger partial charge on any atom is 0.136 e. The van der Waals surface area contributed by atoms with Crippen molar-refractivity contribution in [3.8, 4) is 31.6 Å². The molecule has 0 amide bonds. The maximum atomic E-state index is 11.3. The molecular formula is C29H32N4O2S2. The number of rotatable bonds is 5. The van der Waals surface area contributed by atoms with Crippen LogP contribution in [0, 0.1) is 0 Å². The average Bonchev–Trinajstić information content (AvgIpc) is 3.54. The molecule has 6 rings (SSSR count). The van der Waals surface area contributed by atoms with Crippen LogP contribution in [0.1, 0.15) is 43.2 Å². The van der Waals surface area contributed by atoms with Gasteiger partial charge in [-0.15, -0.1) is 22.7 Å². The number of hydrogen-bond donors (Lipinski definition) is 3. The highest BCUT2D eigenvalue weighted by atomic mass is 32.1. The van der Waals surface area contributed by atoms with Crippen LogP contribution in [0.2, 0.25) is 0 Å². The Morgan fingerprint density at radius 2 is 1.59 bits per heavy atom. The summed E-state index contributed by atoms with van der Waals surface area (Å²) in [5, 5.41) is 23.2. The molecule has 0 bridgehead atoms. The van der Waals surface area contributed by atoms with E-state index in [4.69, 9.17) is 10.7 Å². The standard InChI is InChI=1S/C29H32N4O2S2/c1-27(34)17-28(30,18-27)21-10-8-19(9-11-21)23-24(20-6-4-3-5-7-20)37-25(32-23)22-16-31-26(36-22)29(35)12-14-33(2)15-13-29/h3-11,16,34-35H,12-15,17-18,30H2,1-2H3. The van der Waals surface area contributed by atoms with E-state index >= 15 is 0 Å². The molecule has 1 aliphatic heterocycles. The van der Waals surface area contributed by atoms with Crippen LogP contribution >= 0.6 is 22.7 Å². The predicted octanol–water partition coefficient (Wildman–Crippen LogP) is 5.21. The summed E-state index contributed by atoms with van der Waals surface area (Å²) in [6, 6.07) is 18.6. The Hall–Kier alpha value is -2.46. The molecule has 2 fully saturated rings. The van der Waals surface area contributed by atoms with E-state index in [1.807, 2.05) is 31.3 Å². The second kappa shape index (κ2) is 9.08. The van der Waals surface area contributed by atoms with Crippen molar-refractivity contribution in [3.05, 3.63) is 71.4 Å². The van der Waals surface area contributed by atoms with Crippen LogP contribution in [0.15, 0.2) is 60.8 Å². The minimum Gasteiger partial charge on any atom is -0.390 e. The zero-order valence-corrected chi connectivity index (χ0v) is 22.8. The molecule has 0 radical (unpaired) electrons. The first-order chi connectivity index (χ1) is 17.6. The minimum absolute atomic E-state index is 0.481. The average molecular weight is 533 g/mol. The zero-order chi connectivity index (χ0) is 25.8. The zero-order valence-electron chi connectivity index (χ0n) is 21.1. The number of nitrogens with zero attached hydrogens (tertiary/aromatic N) is 3. The molecule has 6 nitrogen and oxygen atoms in total. The maximum absolute atomic E-state index is 11.3. The molecule has 4 aromatic rings. The number of thiazole rings is 2. The molecule has 0 atom stereocenters. The lowest BCUT2D eigenvalue weighted by molar-refractivity contribution is -0.0738. The highest BCUT2D eigenvalue weighted by Gasteiger charge is 2.49.